The monoisotopic (exact) mass is 370 g/mol. The number of hydrogen-bond donors (Lipinski definition) is 2. The van der Waals surface area contributed by atoms with Crippen LogP contribution < -0.4 is 11.1 Å². The number of benzene rings is 1. The zero-order valence-electron chi connectivity index (χ0n) is 14.2. The standard InChI is InChI=1S/C16H22N4O4.ClH/c1-11(15(22)19-7-6-16(2,9-17)10-19)18-14(21)12-4-3-5-13(8-12)20(23)24;/h3-5,8,11H,6-7,9-10,17H2,1-2H3,(H,18,21);1H. The second-order valence-electron chi connectivity index (χ2n) is 6.53. The minimum Gasteiger partial charge on any atom is -0.341 e. The molecule has 3 N–H and O–H groups in total. The van der Waals surface area contributed by atoms with E-state index in [-0.39, 0.29) is 35.0 Å². The van der Waals surface area contributed by atoms with Crippen molar-refractivity contribution in [2.24, 2.45) is 11.1 Å². The Balaban J connectivity index is 0.00000312. The minimum absolute atomic E-state index is 0. The van der Waals surface area contributed by atoms with Crippen LogP contribution in [0, 0.1) is 15.5 Å². The normalized spacial score (nSPS) is 20.5. The van der Waals surface area contributed by atoms with Crippen molar-refractivity contribution in [1.29, 1.82) is 0 Å². The van der Waals surface area contributed by atoms with Gasteiger partial charge in [-0.25, -0.2) is 0 Å². The predicted octanol–water partition coefficient (Wildman–Crippen LogP) is 1.33. The average Bonchev–Trinajstić information content (AvgIpc) is 2.97. The number of carbonyl (C=O) groups is 2. The summed E-state index contributed by atoms with van der Waals surface area (Å²) >= 11 is 0. The third-order valence-electron chi connectivity index (χ3n) is 4.40. The highest BCUT2D eigenvalue weighted by Crippen LogP contribution is 2.28. The lowest BCUT2D eigenvalue weighted by molar-refractivity contribution is -0.384. The summed E-state index contributed by atoms with van der Waals surface area (Å²) in [6, 6.07) is 4.70. The maximum Gasteiger partial charge on any atom is 0.270 e. The lowest BCUT2D eigenvalue weighted by Gasteiger charge is -2.25. The van der Waals surface area contributed by atoms with Gasteiger partial charge < -0.3 is 16.0 Å². The Morgan fingerprint density at radius 3 is 2.72 bits per heavy atom. The van der Waals surface area contributed by atoms with Gasteiger partial charge in [-0.2, -0.15) is 0 Å². The highest BCUT2D eigenvalue weighted by atomic mass is 35.5. The molecule has 1 aromatic rings. The van der Waals surface area contributed by atoms with E-state index in [0.29, 0.717) is 19.6 Å². The van der Waals surface area contributed by atoms with Crippen LogP contribution in [0.2, 0.25) is 0 Å². The van der Waals surface area contributed by atoms with Crippen LogP contribution >= 0.6 is 12.4 Å². The predicted molar refractivity (Wildman–Crippen MR) is 95.6 cm³/mol. The number of rotatable bonds is 5. The molecule has 9 heteroatoms. The van der Waals surface area contributed by atoms with Gasteiger partial charge in [-0.1, -0.05) is 13.0 Å². The van der Waals surface area contributed by atoms with Crippen LogP contribution in [-0.4, -0.2) is 47.3 Å². The molecule has 2 atom stereocenters. The fourth-order valence-electron chi connectivity index (χ4n) is 2.75. The zero-order chi connectivity index (χ0) is 17.9. The number of amides is 2. The number of nitrogens with zero attached hydrogens (tertiary/aromatic N) is 2. The number of carbonyl (C=O) groups excluding carboxylic acids is 2. The lowest BCUT2D eigenvalue weighted by Crippen LogP contribution is -2.47. The molecule has 0 bridgehead atoms. The largest absolute Gasteiger partial charge is 0.341 e. The van der Waals surface area contributed by atoms with E-state index in [1.54, 1.807) is 11.8 Å². The Hall–Kier alpha value is -2.19. The van der Waals surface area contributed by atoms with E-state index < -0.39 is 16.9 Å². The van der Waals surface area contributed by atoms with Crippen LogP contribution in [0.1, 0.15) is 30.6 Å². The molecule has 2 rings (SSSR count). The average molecular weight is 371 g/mol. The van der Waals surface area contributed by atoms with E-state index in [0.717, 1.165) is 6.42 Å². The lowest BCUT2D eigenvalue weighted by atomic mass is 9.90. The third-order valence-corrected chi connectivity index (χ3v) is 4.40. The van der Waals surface area contributed by atoms with Crippen LogP contribution in [0.25, 0.3) is 0 Å². The Morgan fingerprint density at radius 1 is 1.48 bits per heavy atom. The molecule has 0 spiro atoms. The molecule has 1 aromatic carbocycles. The van der Waals surface area contributed by atoms with Crippen molar-refractivity contribution in [2.75, 3.05) is 19.6 Å². The van der Waals surface area contributed by atoms with Crippen molar-refractivity contribution < 1.29 is 14.5 Å². The number of nitrogens with one attached hydrogen (secondary N) is 1. The Morgan fingerprint density at radius 2 is 2.16 bits per heavy atom. The van der Waals surface area contributed by atoms with Gasteiger partial charge in [0.25, 0.3) is 11.6 Å². The van der Waals surface area contributed by atoms with Crippen LogP contribution in [0.4, 0.5) is 5.69 Å². The van der Waals surface area contributed by atoms with Crippen molar-refractivity contribution in [3.8, 4) is 0 Å². The number of likely N-dealkylation sites (tertiary alicyclic amines) is 1. The molecule has 2 unspecified atom stereocenters. The van der Waals surface area contributed by atoms with E-state index in [9.17, 15) is 19.7 Å². The van der Waals surface area contributed by atoms with Gasteiger partial charge in [0.05, 0.1) is 4.92 Å². The van der Waals surface area contributed by atoms with Crippen molar-refractivity contribution in [3.05, 3.63) is 39.9 Å². The Bertz CT molecular complexity index is 669. The van der Waals surface area contributed by atoms with Gasteiger partial charge in [-0.05, 0) is 31.4 Å². The van der Waals surface area contributed by atoms with Gasteiger partial charge in [-0.3, -0.25) is 19.7 Å². The van der Waals surface area contributed by atoms with Gasteiger partial charge in [-0.15, -0.1) is 12.4 Å². The SMILES string of the molecule is CC(NC(=O)c1cccc([N+](=O)[O-])c1)C(=O)N1CCC(C)(CN)C1.Cl. The van der Waals surface area contributed by atoms with Gasteiger partial charge in [0, 0.05) is 30.8 Å². The number of nitro groups is 1. The molecule has 0 aromatic heterocycles. The van der Waals surface area contributed by atoms with E-state index in [2.05, 4.69) is 5.32 Å². The maximum absolute atomic E-state index is 12.5. The quantitative estimate of drug-likeness (QED) is 0.598. The molecular weight excluding hydrogens is 348 g/mol. The first-order valence-electron chi connectivity index (χ1n) is 7.80. The molecule has 8 nitrogen and oxygen atoms in total. The van der Waals surface area contributed by atoms with Crippen LogP contribution in [0.3, 0.4) is 0 Å². The van der Waals surface area contributed by atoms with Crippen LogP contribution in [0.15, 0.2) is 24.3 Å². The fraction of sp³-hybridized carbons (Fsp3) is 0.500. The number of halogens is 1. The van der Waals surface area contributed by atoms with Gasteiger partial charge in [0.15, 0.2) is 0 Å². The van der Waals surface area contributed by atoms with Crippen LogP contribution in [-0.2, 0) is 4.79 Å². The zero-order valence-corrected chi connectivity index (χ0v) is 15.0. The smallest absolute Gasteiger partial charge is 0.270 e. The highest BCUT2D eigenvalue weighted by molar-refractivity contribution is 5.97. The van der Waals surface area contributed by atoms with Gasteiger partial charge >= 0.3 is 0 Å². The number of nitro benzene ring substituents is 1. The summed E-state index contributed by atoms with van der Waals surface area (Å²) < 4.78 is 0. The Kier molecular flexibility index (Phi) is 6.89. The van der Waals surface area contributed by atoms with Crippen molar-refractivity contribution in [2.45, 2.75) is 26.3 Å². The molecule has 1 aliphatic rings. The third kappa shape index (κ3) is 4.90. The van der Waals surface area contributed by atoms with E-state index in [1.807, 2.05) is 6.92 Å². The van der Waals surface area contributed by atoms with E-state index >= 15 is 0 Å². The molecule has 0 radical (unpaired) electrons. The summed E-state index contributed by atoms with van der Waals surface area (Å²) in [4.78, 5) is 36.6. The molecule has 2 amide bonds. The summed E-state index contributed by atoms with van der Waals surface area (Å²) in [7, 11) is 0. The number of non-ortho nitro benzene ring substituents is 1. The number of nitrogens with two attached hydrogens (primary N) is 1. The van der Waals surface area contributed by atoms with Gasteiger partial charge in [0.1, 0.15) is 6.04 Å². The molecule has 1 saturated heterocycles. The summed E-state index contributed by atoms with van der Waals surface area (Å²) in [5.41, 5.74) is 5.64. The molecule has 1 aliphatic heterocycles. The maximum atomic E-state index is 12.5. The van der Waals surface area contributed by atoms with E-state index in [1.165, 1.54) is 24.3 Å². The van der Waals surface area contributed by atoms with Crippen molar-refractivity contribution >= 4 is 29.9 Å². The Labute approximate surface area is 152 Å². The fourth-order valence-corrected chi connectivity index (χ4v) is 2.75. The summed E-state index contributed by atoms with van der Waals surface area (Å²) in [5, 5.41) is 13.4. The molecule has 25 heavy (non-hydrogen) atoms. The molecule has 138 valence electrons. The van der Waals surface area contributed by atoms with Crippen molar-refractivity contribution in [3.63, 3.8) is 0 Å². The summed E-state index contributed by atoms with van der Waals surface area (Å²) in [6.07, 6.45) is 0.834. The highest BCUT2D eigenvalue weighted by Gasteiger charge is 2.36. The minimum atomic E-state index is -0.711. The van der Waals surface area contributed by atoms with Crippen LogP contribution in [0.5, 0.6) is 0 Å². The van der Waals surface area contributed by atoms with E-state index in [4.69, 9.17) is 5.73 Å². The first-order chi connectivity index (χ1) is 11.3. The molecule has 1 fully saturated rings. The topological polar surface area (TPSA) is 119 Å². The summed E-state index contributed by atoms with van der Waals surface area (Å²) in [6.45, 7) is 5.33. The first-order valence-corrected chi connectivity index (χ1v) is 7.80. The molecular formula is C16H23ClN4O4. The van der Waals surface area contributed by atoms with Crippen molar-refractivity contribution in [1.82, 2.24) is 10.2 Å². The van der Waals surface area contributed by atoms with Gasteiger partial charge in [0.2, 0.25) is 5.91 Å². The first kappa shape index (κ1) is 20.9. The summed E-state index contributed by atoms with van der Waals surface area (Å²) in [5.74, 6) is -0.689. The second kappa shape index (κ2) is 8.26. The second-order valence-corrected chi connectivity index (χ2v) is 6.53. The number of hydrogen-bond acceptors (Lipinski definition) is 5. The molecule has 1 heterocycles. The molecule has 0 aliphatic carbocycles. The molecule has 0 saturated carbocycles.